The molecule has 0 amide bonds. The van der Waals surface area contributed by atoms with Crippen molar-refractivity contribution in [2.45, 2.75) is 58.4 Å². The van der Waals surface area contributed by atoms with E-state index in [1.54, 1.807) is 0 Å². The Morgan fingerprint density at radius 1 is 1.39 bits per heavy atom. The Bertz CT molecular complexity index is 378. The normalized spacial score (nSPS) is 20.3. The van der Waals surface area contributed by atoms with Gasteiger partial charge < -0.3 is 9.88 Å². The van der Waals surface area contributed by atoms with Crippen LogP contribution in [0.25, 0.3) is 0 Å². The molecule has 1 saturated heterocycles. The van der Waals surface area contributed by atoms with Crippen molar-refractivity contribution in [1.82, 2.24) is 9.88 Å². The second-order valence-corrected chi connectivity index (χ2v) is 6.67. The van der Waals surface area contributed by atoms with Crippen molar-refractivity contribution in [3.8, 4) is 0 Å². The molecule has 102 valence electrons. The van der Waals surface area contributed by atoms with Crippen LogP contribution in [0.4, 0.5) is 0 Å². The van der Waals surface area contributed by atoms with Gasteiger partial charge in [0.05, 0.1) is 0 Å². The van der Waals surface area contributed by atoms with E-state index in [1.807, 2.05) is 0 Å². The van der Waals surface area contributed by atoms with Crippen LogP contribution in [0.15, 0.2) is 6.07 Å². The Morgan fingerprint density at radius 2 is 2.22 bits per heavy atom. The van der Waals surface area contributed by atoms with Crippen molar-refractivity contribution < 1.29 is 0 Å². The van der Waals surface area contributed by atoms with Gasteiger partial charge in [0, 0.05) is 36.3 Å². The molecular formula is C15H26N2S. The summed E-state index contributed by atoms with van der Waals surface area (Å²) < 4.78 is 2.40. The van der Waals surface area contributed by atoms with E-state index in [-0.39, 0.29) is 0 Å². The average molecular weight is 266 g/mol. The first-order valence-electron chi connectivity index (χ1n) is 7.20. The lowest BCUT2D eigenvalue weighted by molar-refractivity contribution is 0.595. The maximum atomic E-state index is 3.64. The summed E-state index contributed by atoms with van der Waals surface area (Å²) in [7, 11) is 0. The molecule has 1 atom stereocenters. The van der Waals surface area contributed by atoms with Crippen LogP contribution in [0.3, 0.4) is 0 Å². The fourth-order valence-corrected chi connectivity index (χ4v) is 4.15. The molecule has 0 saturated carbocycles. The number of nitrogens with zero attached hydrogens (tertiary/aromatic N) is 1. The molecule has 0 aliphatic carbocycles. The average Bonchev–Trinajstić information content (AvgIpc) is 2.65. The van der Waals surface area contributed by atoms with Crippen molar-refractivity contribution in [3.63, 3.8) is 0 Å². The lowest BCUT2D eigenvalue weighted by Crippen LogP contribution is -2.26. The van der Waals surface area contributed by atoms with Crippen LogP contribution in [-0.4, -0.2) is 22.1 Å². The quantitative estimate of drug-likeness (QED) is 0.878. The van der Waals surface area contributed by atoms with Gasteiger partial charge in [0.25, 0.3) is 0 Å². The van der Waals surface area contributed by atoms with E-state index < -0.39 is 0 Å². The highest BCUT2D eigenvalue weighted by molar-refractivity contribution is 7.99. The smallest absolute Gasteiger partial charge is 0.0223 e. The highest BCUT2D eigenvalue weighted by atomic mass is 32.2. The largest absolute Gasteiger partial charge is 0.349 e. The molecule has 1 aromatic heterocycles. The standard InChI is InChI=1S/C15H26N2S/c1-4-17-12(2)9-14(13(17)3)10-16-11-15-7-5-6-8-18-15/h9,15-16H,4-8,10-11H2,1-3H3. The van der Waals surface area contributed by atoms with Crippen LogP contribution >= 0.6 is 11.8 Å². The monoisotopic (exact) mass is 266 g/mol. The molecule has 3 heteroatoms. The van der Waals surface area contributed by atoms with E-state index in [2.05, 4.69) is 48.5 Å². The van der Waals surface area contributed by atoms with E-state index in [1.165, 1.54) is 48.5 Å². The van der Waals surface area contributed by atoms with E-state index in [4.69, 9.17) is 0 Å². The van der Waals surface area contributed by atoms with E-state index in [0.717, 1.165) is 18.3 Å². The van der Waals surface area contributed by atoms with Crippen LogP contribution in [-0.2, 0) is 13.1 Å². The number of rotatable bonds is 5. The van der Waals surface area contributed by atoms with Crippen LogP contribution in [0, 0.1) is 13.8 Å². The van der Waals surface area contributed by atoms with Crippen molar-refractivity contribution in [2.24, 2.45) is 0 Å². The van der Waals surface area contributed by atoms with Gasteiger partial charge in [-0.1, -0.05) is 6.42 Å². The SMILES string of the molecule is CCn1c(C)cc(CNCC2CCCCS2)c1C. The number of aromatic nitrogens is 1. The third kappa shape index (κ3) is 3.33. The lowest BCUT2D eigenvalue weighted by atomic mass is 10.2. The van der Waals surface area contributed by atoms with Gasteiger partial charge in [-0.05, 0) is 51.0 Å². The van der Waals surface area contributed by atoms with Crippen LogP contribution < -0.4 is 5.32 Å². The van der Waals surface area contributed by atoms with E-state index >= 15 is 0 Å². The van der Waals surface area contributed by atoms with Gasteiger partial charge in [-0.3, -0.25) is 0 Å². The molecule has 2 nitrogen and oxygen atoms in total. The molecule has 0 bridgehead atoms. The summed E-state index contributed by atoms with van der Waals surface area (Å²) >= 11 is 2.15. The Labute approximate surface area is 116 Å². The Hall–Kier alpha value is -0.410. The molecule has 0 aromatic carbocycles. The van der Waals surface area contributed by atoms with Gasteiger partial charge in [-0.15, -0.1) is 0 Å². The lowest BCUT2D eigenvalue weighted by Gasteiger charge is -2.21. The summed E-state index contributed by atoms with van der Waals surface area (Å²) in [5, 5.41) is 4.48. The molecule has 1 N–H and O–H groups in total. The first kappa shape index (κ1) is 14.0. The highest BCUT2D eigenvalue weighted by Crippen LogP contribution is 2.24. The maximum Gasteiger partial charge on any atom is 0.0223 e. The zero-order valence-corrected chi connectivity index (χ0v) is 12.8. The second-order valence-electron chi connectivity index (χ2n) is 5.26. The first-order chi connectivity index (χ1) is 8.72. The molecule has 0 spiro atoms. The minimum Gasteiger partial charge on any atom is -0.349 e. The summed E-state index contributed by atoms with van der Waals surface area (Å²) in [5.74, 6) is 1.36. The van der Waals surface area contributed by atoms with Crippen molar-refractivity contribution in [3.05, 3.63) is 23.0 Å². The fraction of sp³-hybridized carbons (Fsp3) is 0.733. The molecule has 1 aromatic rings. The zero-order valence-electron chi connectivity index (χ0n) is 12.0. The molecule has 2 rings (SSSR count). The molecule has 0 radical (unpaired) electrons. The summed E-state index contributed by atoms with van der Waals surface area (Å²) in [6.45, 7) is 9.93. The van der Waals surface area contributed by atoms with Crippen molar-refractivity contribution >= 4 is 11.8 Å². The summed E-state index contributed by atoms with van der Waals surface area (Å²) in [4.78, 5) is 0. The predicted octanol–water partition coefficient (Wildman–Crippen LogP) is 3.50. The fourth-order valence-electron chi connectivity index (χ4n) is 2.87. The van der Waals surface area contributed by atoms with E-state index in [0.29, 0.717) is 0 Å². The third-order valence-corrected chi connectivity index (χ3v) is 5.35. The number of hydrogen-bond acceptors (Lipinski definition) is 2. The van der Waals surface area contributed by atoms with Gasteiger partial charge in [0.15, 0.2) is 0 Å². The predicted molar refractivity (Wildman–Crippen MR) is 81.4 cm³/mol. The molecular weight excluding hydrogens is 240 g/mol. The van der Waals surface area contributed by atoms with Crippen LogP contribution in [0.5, 0.6) is 0 Å². The Balaban J connectivity index is 1.82. The number of nitrogens with one attached hydrogen (secondary N) is 1. The van der Waals surface area contributed by atoms with Gasteiger partial charge in [-0.25, -0.2) is 0 Å². The molecule has 1 fully saturated rings. The van der Waals surface area contributed by atoms with Crippen molar-refractivity contribution in [1.29, 1.82) is 0 Å². The minimum absolute atomic E-state index is 0.841. The van der Waals surface area contributed by atoms with Crippen LogP contribution in [0.1, 0.15) is 43.1 Å². The Morgan fingerprint density at radius 3 is 2.83 bits per heavy atom. The van der Waals surface area contributed by atoms with Gasteiger partial charge in [-0.2, -0.15) is 11.8 Å². The summed E-state index contributed by atoms with van der Waals surface area (Å²) in [6.07, 6.45) is 4.23. The van der Waals surface area contributed by atoms with Gasteiger partial charge >= 0.3 is 0 Å². The summed E-state index contributed by atoms with van der Waals surface area (Å²) in [5.41, 5.74) is 4.28. The Kier molecular flexibility index (Phi) is 5.19. The van der Waals surface area contributed by atoms with Gasteiger partial charge in [0.2, 0.25) is 0 Å². The second kappa shape index (κ2) is 6.67. The van der Waals surface area contributed by atoms with Gasteiger partial charge in [0.1, 0.15) is 0 Å². The molecule has 1 aliphatic heterocycles. The highest BCUT2D eigenvalue weighted by Gasteiger charge is 2.13. The topological polar surface area (TPSA) is 17.0 Å². The molecule has 2 heterocycles. The minimum atomic E-state index is 0.841. The first-order valence-corrected chi connectivity index (χ1v) is 8.25. The third-order valence-electron chi connectivity index (χ3n) is 3.96. The molecule has 1 unspecified atom stereocenters. The number of aryl methyl sites for hydroxylation is 1. The zero-order chi connectivity index (χ0) is 13.0. The summed E-state index contributed by atoms with van der Waals surface area (Å²) in [6, 6.07) is 2.33. The number of thioether (sulfide) groups is 1. The number of hydrogen-bond donors (Lipinski definition) is 1. The van der Waals surface area contributed by atoms with Crippen molar-refractivity contribution in [2.75, 3.05) is 12.3 Å². The maximum absolute atomic E-state index is 3.64. The molecule has 1 aliphatic rings. The molecule has 18 heavy (non-hydrogen) atoms. The van der Waals surface area contributed by atoms with Crippen LogP contribution in [0.2, 0.25) is 0 Å². The van der Waals surface area contributed by atoms with E-state index in [9.17, 15) is 0 Å².